The van der Waals surface area contributed by atoms with Crippen LogP contribution in [0, 0.1) is 16.7 Å². The van der Waals surface area contributed by atoms with Crippen LogP contribution >= 0.6 is 0 Å². The van der Waals surface area contributed by atoms with E-state index in [9.17, 15) is 0 Å². The molecule has 0 rings (SSSR count). The second kappa shape index (κ2) is 3.56. The van der Waals surface area contributed by atoms with E-state index >= 15 is 0 Å². The Labute approximate surface area is 81.0 Å². The van der Waals surface area contributed by atoms with E-state index in [1.807, 2.05) is 0 Å². The highest BCUT2D eigenvalue weighted by atomic mass is 16.4. The Hall–Kier alpha value is -0.730. The van der Waals surface area contributed by atoms with Crippen molar-refractivity contribution in [1.29, 1.82) is 0 Å². The van der Waals surface area contributed by atoms with Crippen LogP contribution in [0.25, 0.3) is 0 Å². The van der Waals surface area contributed by atoms with Crippen molar-refractivity contribution >= 4 is 5.84 Å². The number of amidine groups is 1. The lowest BCUT2D eigenvalue weighted by atomic mass is 9.66. The molecule has 3 N–H and O–H groups in total. The van der Waals surface area contributed by atoms with Crippen LogP contribution in [0.1, 0.15) is 41.5 Å². The van der Waals surface area contributed by atoms with E-state index in [2.05, 4.69) is 46.7 Å². The van der Waals surface area contributed by atoms with Gasteiger partial charge in [0.1, 0.15) is 5.84 Å². The molecule has 3 nitrogen and oxygen atoms in total. The van der Waals surface area contributed by atoms with Gasteiger partial charge in [0.15, 0.2) is 0 Å². The molecule has 0 saturated heterocycles. The lowest BCUT2D eigenvalue weighted by molar-refractivity contribution is 0.159. The summed E-state index contributed by atoms with van der Waals surface area (Å²) in [4.78, 5) is 0. The van der Waals surface area contributed by atoms with Gasteiger partial charge in [0.2, 0.25) is 0 Å². The fraction of sp³-hybridized carbons (Fsp3) is 0.900. The summed E-state index contributed by atoms with van der Waals surface area (Å²) in [6.45, 7) is 12.6. The van der Waals surface area contributed by atoms with Gasteiger partial charge in [0, 0.05) is 5.92 Å². The number of hydrogen-bond donors (Lipinski definition) is 2. The van der Waals surface area contributed by atoms with Crippen LogP contribution in [-0.2, 0) is 0 Å². The highest BCUT2D eigenvalue weighted by Gasteiger charge is 2.37. The zero-order valence-corrected chi connectivity index (χ0v) is 9.55. The second-order valence-corrected chi connectivity index (χ2v) is 5.69. The van der Waals surface area contributed by atoms with Gasteiger partial charge in [-0.1, -0.05) is 46.7 Å². The van der Waals surface area contributed by atoms with Crippen molar-refractivity contribution in [3.63, 3.8) is 0 Å². The Morgan fingerprint density at radius 1 is 1.08 bits per heavy atom. The summed E-state index contributed by atoms with van der Waals surface area (Å²) in [6, 6.07) is 0. The fourth-order valence-corrected chi connectivity index (χ4v) is 2.24. The minimum Gasteiger partial charge on any atom is -0.409 e. The summed E-state index contributed by atoms with van der Waals surface area (Å²) in [5, 5.41) is 11.8. The number of oxime groups is 1. The molecule has 78 valence electrons. The lowest BCUT2D eigenvalue weighted by Crippen LogP contribution is -2.42. The quantitative estimate of drug-likeness (QED) is 0.286. The van der Waals surface area contributed by atoms with E-state index in [1.54, 1.807) is 0 Å². The summed E-state index contributed by atoms with van der Waals surface area (Å²) in [7, 11) is 0. The summed E-state index contributed by atoms with van der Waals surface area (Å²) in [5.41, 5.74) is 5.71. The zero-order valence-electron chi connectivity index (χ0n) is 9.55. The second-order valence-electron chi connectivity index (χ2n) is 5.69. The van der Waals surface area contributed by atoms with Gasteiger partial charge in [-0.15, -0.1) is 0 Å². The van der Waals surface area contributed by atoms with Crippen LogP contribution in [0.5, 0.6) is 0 Å². The molecule has 0 fully saturated rings. The Kier molecular flexibility index (Phi) is 3.36. The Morgan fingerprint density at radius 2 is 1.38 bits per heavy atom. The Morgan fingerprint density at radius 3 is 1.46 bits per heavy atom. The molecule has 13 heavy (non-hydrogen) atoms. The van der Waals surface area contributed by atoms with E-state index in [-0.39, 0.29) is 16.7 Å². The van der Waals surface area contributed by atoms with Crippen molar-refractivity contribution < 1.29 is 5.21 Å². The Balaban J connectivity index is 5.01. The molecule has 0 aliphatic rings. The molecule has 0 amide bonds. The van der Waals surface area contributed by atoms with Crippen molar-refractivity contribution in [2.75, 3.05) is 0 Å². The molecule has 3 heteroatoms. The minimum absolute atomic E-state index is 0.00850. The third-order valence-electron chi connectivity index (χ3n) is 2.14. The molecular formula is C10H22N2O. The topological polar surface area (TPSA) is 58.6 Å². The van der Waals surface area contributed by atoms with Gasteiger partial charge in [0.05, 0.1) is 0 Å². The summed E-state index contributed by atoms with van der Waals surface area (Å²) < 4.78 is 0. The molecule has 0 atom stereocenters. The molecular weight excluding hydrogens is 164 g/mol. The van der Waals surface area contributed by atoms with Gasteiger partial charge in [-0.2, -0.15) is 0 Å². The summed E-state index contributed by atoms with van der Waals surface area (Å²) in [5.74, 6) is 0.394. The number of hydrogen-bond acceptors (Lipinski definition) is 2. The molecule has 0 radical (unpaired) electrons. The molecule has 0 spiro atoms. The van der Waals surface area contributed by atoms with Gasteiger partial charge >= 0.3 is 0 Å². The van der Waals surface area contributed by atoms with Gasteiger partial charge in [0.25, 0.3) is 0 Å². The zero-order chi connectivity index (χ0) is 10.9. The third kappa shape index (κ3) is 3.25. The first-order valence-corrected chi connectivity index (χ1v) is 4.58. The molecule has 0 aliphatic carbocycles. The van der Waals surface area contributed by atoms with E-state index in [0.717, 1.165) is 0 Å². The maximum atomic E-state index is 8.69. The van der Waals surface area contributed by atoms with Crippen LogP contribution < -0.4 is 5.73 Å². The predicted octanol–water partition coefficient (Wildman–Crippen LogP) is 2.44. The number of nitrogens with zero attached hydrogens (tertiary/aromatic N) is 1. The maximum Gasteiger partial charge on any atom is 0.143 e. The smallest absolute Gasteiger partial charge is 0.143 e. The van der Waals surface area contributed by atoms with E-state index in [0.29, 0.717) is 5.84 Å². The van der Waals surface area contributed by atoms with Crippen LogP contribution in [0.4, 0.5) is 0 Å². The van der Waals surface area contributed by atoms with Crippen LogP contribution in [0.3, 0.4) is 0 Å². The highest BCUT2D eigenvalue weighted by molar-refractivity contribution is 5.83. The monoisotopic (exact) mass is 186 g/mol. The van der Waals surface area contributed by atoms with E-state index in [1.165, 1.54) is 0 Å². The van der Waals surface area contributed by atoms with Crippen LogP contribution in [-0.4, -0.2) is 11.0 Å². The summed E-state index contributed by atoms with van der Waals surface area (Å²) in [6.07, 6.45) is 0. The largest absolute Gasteiger partial charge is 0.409 e. The summed E-state index contributed by atoms with van der Waals surface area (Å²) >= 11 is 0. The van der Waals surface area contributed by atoms with Crippen molar-refractivity contribution in [2.45, 2.75) is 41.5 Å². The molecule has 0 aromatic carbocycles. The van der Waals surface area contributed by atoms with Crippen molar-refractivity contribution in [2.24, 2.45) is 27.6 Å². The molecule has 0 heterocycles. The first-order chi connectivity index (χ1) is 5.60. The van der Waals surface area contributed by atoms with Crippen LogP contribution in [0.2, 0.25) is 0 Å². The first-order valence-electron chi connectivity index (χ1n) is 4.58. The molecule has 0 aromatic heterocycles. The van der Waals surface area contributed by atoms with Crippen molar-refractivity contribution in [3.05, 3.63) is 0 Å². The lowest BCUT2D eigenvalue weighted by Gasteiger charge is -2.39. The highest BCUT2D eigenvalue weighted by Crippen LogP contribution is 2.39. The maximum absolute atomic E-state index is 8.69. The third-order valence-corrected chi connectivity index (χ3v) is 2.14. The van der Waals surface area contributed by atoms with E-state index in [4.69, 9.17) is 10.9 Å². The molecule has 0 aromatic rings. The van der Waals surface area contributed by atoms with Gasteiger partial charge < -0.3 is 10.9 Å². The standard InChI is InChI=1S/C10H22N2O/c1-9(2,3)7(8(11)12-13)10(4,5)6/h7,13H,1-6H3,(H2,11,12). The van der Waals surface area contributed by atoms with Gasteiger partial charge in [-0.25, -0.2) is 0 Å². The van der Waals surface area contributed by atoms with E-state index < -0.39 is 0 Å². The van der Waals surface area contributed by atoms with Crippen molar-refractivity contribution in [3.8, 4) is 0 Å². The fourth-order valence-electron chi connectivity index (χ4n) is 2.24. The number of nitrogens with two attached hydrogens (primary N) is 1. The molecule has 0 aliphatic heterocycles. The molecule has 0 bridgehead atoms. The van der Waals surface area contributed by atoms with Crippen molar-refractivity contribution in [1.82, 2.24) is 0 Å². The SMILES string of the molecule is CC(C)(C)C(/C(N)=N/O)C(C)(C)C. The molecule has 0 saturated carbocycles. The average Bonchev–Trinajstić information content (AvgIpc) is 1.80. The average molecular weight is 186 g/mol. The predicted molar refractivity (Wildman–Crippen MR) is 55.8 cm³/mol. The minimum atomic E-state index is 0.00850. The number of rotatable bonds is 1. The van der Waals surface area contributed by atoms with Crippen LogP contribution in [0.15, 0.2) is 5.16 Å². The normalized spacial score (nSPS) is 15.2. The molecule has 0 unspecified atom stereocenters. The Bertz CT molecular complexity index is 182. The first kappa shape index (κ1) is 12.3. The van der Waals surface area contributed by atoms with Gasteiger partial charge in [-0.3, -0.25) is 0 Å². The van der Waals surface area contributed by atoms with Gasteiger partial charge in [-0.05, 0) is 10.8 Å².